The van der Waals surface area contributed by atoms with Crippen molar-refractivity contribution >= 4 is 11.9 Å². The monoisotopic (exact) mass is 250 g/mol. The summed E-state index contributed by atoms with van der Waals surface area (Å²) in [5.74, 6) is -0.756. The number of carbonyl (C=O) groups is 2. The highest BCUT2D eigenvalue weighted by Crippen LogP contribution is 2.12. The number of benzene rings is 1. The maximum Gasteiger partial charge on any atom is 0.338 e. The van der Waals surface area contributed by atoms with Gasteiger partial charge in [-0.1, -0.05) is 25.1 Å². The van der Waals surface area contributed by atoms with Crippen molar-refractivity contribution in [2.75, 3.05) is 20.2 Å². The van der Waals surface area contributed by atoms with E-state index < -0.39 is 0 Å². The van der Waals surface area contributed by atoms with E-state index in [9.17, 15) is 9.59 Å². The van der Waals surface area contributed by atoms with E-state index in [1.54, 1.807) is 12.1 Å². The molecule has 0 heterocycles. The highest BCUT2D eigenvalue weighted by atomic mass is 16.5. The van der Waals surface area contributed by atoms with E-state index in [-0.39, 0.29) is 18.4 Å². The highest BCUT2D eigenvalue weighted by Gasteiger charge is 2.14. The van der Waals surface area contributed by atoms with Crippen LogP contribution in [0.1, 0.15) is 22.8 Å². The first-order valence-corrected chi connectivity index (χ1v) is 5.75. The molecule has 2 N–H and O–H groups in total. The lowest BCUT2D eigenvalue weighted by Gasteiger charge is -2.19. The molecule has 18 heavy (non-hydrogen) atoms. The molecule has 0 saturated carbocycles. The average Bonchev–Trinajstić information content (AvgIpc) is 2.37. The van der Waals surface area contributed by atoms with Crippen molar-refractivity contribution in [2.24, 2.45) is 5.73 Å². The summed E-state index contributed by atoms with van der Waals surface area (Å²) in [6.45, 7) is 3.28. The zero-order chi connectivity index (χ0) is 13.5. The Kier molecular flexibility index (Phi) is 5.32. The van der Waals surface area contributed by atoms with Crippen LogP contribution in [-0.4, -0.2) is 37.0 Å². The lowest BCUT2D eigenvalue weighted by molar-refractivity contribution is -0.119. The van der Waals surface area contributed by atoms with Crippen molar-refractivity contribution in [3.8, 4) is 0 Å². The van der Waals surface area contributed by atoms with Crippen LogP contribution in [0.15, 0.2) is 24.3 Å². The molecule has 0 atom stereocenters. The molecule has 1 aromatic rings. The topological polar surface area (TPSA) is 72.6 Å². The number of primary amides is 1. The molecule has 98 valence electrons. The number of nitrogens with two attached hydrogens (primary N) is 1. The van der Waals surface area contributed by atoms with Crippen molar-refractivity contribution in [2.45, 2.75) is 13.5 Å². The third-order valence-electron chi connectivity index (χ3n) is 2.64. The Morgan fingerprint density at radius 1 is 1.33 bits per heavy atom. The molecule has 0 aromatic heterocycles. The number of carbonyl (C=O) groups excluding carboxylic acids is 2. The Balaban J connectivity index is 2.88. The lowest BCUT2D eigenvalue weighted by atomic mass is 10.1. The van der Waals surface area contributed by atoms with Gasteiger partial charge in [0.15, 0.2) is 0 Å². The zero-order valence-corrected chi connectivity index (χ0v) is 10.7. The van der Waals surface area contributed by atoms with Crippen molar-refractivity contribution in [3.05, 3.63) is 35.4 Å². The van der Waals surface area contributed by atoms with E-state index in [0.717, 1.165) is 5.56 Å². The van der Waals surface area contributed by atoms with E-state index in [4.69, 9.17) is 10.5 Å². The van der Waals surface area contributed by atoms with Gasteiger partial charge >= 0.3 is 5.97 Å². The van der Waals surface area contributed by atoms with Crippen LogP contribution in [0, 0.1) is 0 Å². The van der Waals surface area contributed by atoms with Crippen LogP contribution >= 0.6 is 0 Å². The summed E-state index contributed by atoms with van der Waals surface area (Å²) >= 11 is 0. The molecule has 5 heteroatoms. The van der Waals surface area contributed by atoms with Gasteiger partial charge in [-0.05, 0) is 18.2 Å². The number of hydrogen-bond acceptors (Lipinski definition) is 4. The van der Waals surface area contributed by atoms with Crippen molar-refractivity contribution < 1.29 is 14.3 Å². The second-order valence-electron chi connectivity index (χ2n) is 3.92. The molecule has 0 spiro atoms. The number of methoxy groups -OCH3 is 1. The molecule has 1 aromatic carbocycles. The Morgan fingerprint density at radius 3 is 2.56 bits per heavy atom. The number of rotatable bonds is 6. The van der Waals surface area contributed by atoms with Crippen molar-refractivity contribution in [1.82, 2.24) is 4.90 Å². The van der Waals surface area contributed by atoms with Gasteiger partial charge in [0.05, 0.1) is 19.2 Å². The predicted octanol–water partition coefficient (Wildman–Crippen LogP) is 0.780. The fourth-order valence-corrected chi connectivity index (χ4v) is 1.71. The van der Waals surface area contributed by atoms with Gasteiger partial charge in [0, 0.05) is 6.54 Å². The van der Waals surface area contributed by atoms with E-state index in [1.807, 2.05) is 24.0 Å². The summed E-state index contributed by atoms with van der Waals surface area (Å²) in [6.07, 6.45) is 0. The van der Waals surface area contributed by atoms with Crippen LogP contribution < -0.4 is 5.73 Å². The van der Waals surface area contributed by atoms with Gasteiger partial charge in [-0.2, -0.15) is 0 Å². The van der Waals surface area contributed by atoms with Crippen LogP contribution in [0.3, 0.4) is 0 Å². The molecule has 0 aliphatic carbocycles. The highest BCUT2D eigenvalue weighted by molar-refractivity contribution is 5.91. The molecular formula is C13H18N2O3. The molecule has 0 radical (unpaired) electrons. The molecule has 1 amide bonds. The summed E-state index contributed by atoms with van der Waals surface area (Å²) in [5.41, 5.74) is 6.52. The first kappa shape index (κ1) is 14.2. The molecule has 0 bridgehead atoms. The van der Waals surface area contributed by atoms with Crippen LogP contribution in [0.5, 0.6) is 0 Å². The van der Waals surface area contributed by atoms with Gasteiger partial charge in [0.2, 0.25) is 5.91 Å². The number of likely N-dealkylation sites (N-methyl/N-ethyl adjacent to an activating group) is 1. The smallest absolute Gasteiger partial charge is 0.338 e. The van der Waals surface area contributed by atoms with Crippen LogP contribution in [0.4, 0.5) is 0 Å². The van der Waals surface area contributed by atoms with E-state index in [0.29, 0.717) is 18.7 Å². The van der Waals surface area contributed by atoms with Crippen LogP contribution in [0.2, 0.25) is 0 Å². The summed E-state index contributed by atoms with van der Waals surface area (Å²) in [4.78, 5) is 24.4. The normalized spacial score (nSPS) is 10.4. The third-order valence-corrected chi connectivity index (χ3v) is 2.64. The quantitative estimate of drug-likeness (QED) is 0.757. The standard InChI is InChI=1S/C13H18N2O3/c1-3-15(9-12(14)16)8-10-6-4-5-7-11(10)13(17)18-2/h4-7H,3,8-9H2,1-2H3,(H2,14,16). The molecule has 0 saturated heterocycles. The van der Waals surface area contributed by atoms with Gasteiger partial charge in [0.25, 0.3) is 0 Å². The Hall–Kier alpha value is -1.88. The third kappa shape index (κ3) is 3.85. The van der Waals surface area contributed by atoms with Gasteiger partial charge < -0.3 is 10.5 Å². The SMILES string of the molecule is CCN(CC(N)=O)Cc1ccccc1C(=O)OC. The van der Waals surface area contributed by atoms with E-state index in [2.05, 4.69) is 0 Å². The first-order chi connectivity index (χ1) is 8.58. The summed E-state index contributed by atoms with van der Waals surface area (Å²) in [6, 6.07) is 7.18. The molecule has 0 fully saturated rings. The molecule has 0 unspecified atom stereocenters. The second kappa shape index (κ2) is 6.76. The number of ether oxygens (including phenoxy) is 1. The fourth-order valence-electron chi connectivity index (χ4n) is 1.71. The molecule has 0 aliphatic rings. The van der Waals surface area contributed by atoms with Gasteiger partial charge in [-0.3, -0.25) is 9.69 Å². The van der Waals surface area contributed by atoms with E-state index in [1.165, 1.54) is 7.11 Å². The van der Waals surface area contributed by atoms with Gasteiger partial charge in [0.1, 0.15) is 0 Å². The maximum absolute atomic E-state index is 11.6. The second-order valence-corrected chi connectivity index (χ2v) is 3.92. The largest absolute Gasteiger partial charge is 0.465 e. The van der Waals surface area contributed by atoms with Gasteiger partial charge in [-0.15, -0.1) is 0 Å². The fraction of sp³-hybridized carbons (Fsp3) is 0.385. The van der Waals surface area contributed by atoms with Crippen molar-refractivity contribution in [1.29, 1.82) is 0 Å². The van der Waals surface area contributed by atoms with Crippen molar-refractivity contribution in [3.63, 3.8) is 0 Å². The minimum atomic E-state index is -0.382. The summed E-state index contributed by atoms with van der Waals surface area (Å²) in [5, 5.41) is 0. The van der Waals surface area contributed by atoms with Crippen LogP contribution in [0.25, 0.3) is 0 Å². The Bertz CT molecular complexity index is 432. The predicted molar refractivity (Wildman–Crippen MR) is 67.9 cm³/mol. The summed E-state index contributed by atoms with van der Waals surface area (Å²) in [7, 11) is 1.35. The average molecular weight is 250 g/mol. The minimum absolute atomic E-state index is 0.173. The Labute approximate surface area is 107 Å². The number of hydrogen-bond donors (Lipinski definition) is 1. The number of nitrogens with zero attached hydrogens (tertiary/aromatic N) is 1. The molecule has 5 nitrogen and oxygen atoms in total. The Morgan fingerprint density at radius 2 is 2.00 bits per heavy atom. The van der Waals surface area contributed by atoms with Crippen LogP contribution in [-0.2, 0) is 16.1 Å². The van der Waals surface area contributed by atoms with Gasteiger partial charge in [-0.25, -0.2) is 4.79 Å². The molecule has 1 rings (SSSR count). The first-order valence-electron chi connectivity index (χ1n) is 5.75. The minimum Gasteiger partial charge on any atom is -0.465 e. The summed E-state index contributed by atoms with van der Waals surface area (Å²) < 4.78 is 4.72. The number of esters is 1. The molecule has 0 aliphatic heterocycles. The zero-order valence-electron chi connectivity index (χ0n) is 10.7. The maximum atomic E-state index is 11.6. The lowest BCUT2D eigenvalue weighted by Crippen LogP contribution is -2.33. The molecular weight excluding hydrogens is 232 g/mol. The number of amides is 1. The van der Waals surface area contributed by atoms with E-state index >= 15 is 0 Å².